The van der Waals surface area contributed by atoms with Crippen molar-refractivity contribution >= 4 is 27.7 Å². The topological polar surface area (TPSA) is 43.4 Å². The lowest BCUT2D eigenvalue weighted by molar-refractivity contribution is 0.0600. The van der Waals surface area contributed by atoms with Crippen molar-refractivity contribution in [3.8, 4) is 0 Å². The minimum absolute atomic E-state index is 0.0325. The Morgan fingerprint density at radius 3 is 2.53 bits per heavy atom. The molecule has 0 atom stereocenters. The van der Waals surface area contributed by atoms with Gasteiger partial charge in [0.25, 0.3) is 0 Å². The van der Waals surface area contributed by atoms with Crippen LogP contribution in [0.25, 0.3) is 0 Å². The maximum atomic E-state index is 12.2. The molecule has 4 heteroatoms. The Bertz CT molecular complexity index is 518. The van der Waals surface area contributed by atoms with Crippen LogP contribution in [0.3, 0.4) is 0 Å². The van der Waals surface area contributed by atoms with Crippen LogP contribution >= 0.6 is 15.9 Å². The number of ketones is 1. The van der Waals surface area contributed by atoms with Gasteiger partial charge in [-0.05, 0) is 42.9 Å². The molecule has 0 unspecified atom stereocenters. The van der Waals surface area contributed by atoms with E-state index in [-0.39, 0.29) is 17.1 Å². The molecule has 1 fully saturated rings. The second-order valence-electron chi connectivity index (χ2n) is 4.88. The van der Waals surface area contributed by atoms with Crippen LogP contribution in [0.4, 0.5) is 0 Å². The van der Waals surface area contributed by atoms with E-state index >= 15 is 0 Å². The molecule has 0 radical (unpaired) electrons. The highest BCUT2D eigenvalue weighted by Crippen LogP contribution is 2.39. The predicted molar refractivity (Wildman–Crippen MR) is 77.2 cm³/mol. The largest absolute Gasteiger partial charge is 0.465 e. The molecule has 0 spiro atoms. The number of hydrogen-bond acceptors (Lipinski definition) is 3. The van der Waals surface area contributed by atoms with Gasteiger partial charge in [0.05, 0.1) is 18.0 Å². The van der Waals surface area contributed by atoms with Crippen molar-refractivity contribution in [2.45, 2.75) is 32.1 Å². The van der Waals surface area contributed by atoms with Gasteiger partial charge in [0.15, 0.2) is 5.78 Å². The predicted octanol–water partition coefficient (Wildman–Crippen LogP) is 3.63. The van der Waals surface area contributed by atoms with Crippen LogP contribution in [-0.2, 0) is 4.74 Å². The number of benzene rings is 1. The van der Waals surface area contributed by atoms with E-state index in [1.54, 1.807) is 6.07 Å². The van der Waals surface area contributed by atoms with E-state index in [0.717, 1.165) is 24.0 Å². The lowest BCUT2D eigenvalue weighted by Gasteiger charge is -2.28. The van der Waals surface area contributed by atoms with Gasteiger partial charge in [-0.2, -0.15) is 0 Å². The lowest BCUT2D eigenvalue weighted by atomic mass is 9.76. The van der Waals surface area contributed by atoms with E-state index in [2.05, 4.69) is 15.9 Å². The van der Waals surface area contributed by atoms with Crippen LogP contribution in [-0.4, -0.2) is 24.2 Å². The minimum Gasteiger partial charge on any atom is -0.465 e. The Morgan fingerprint density at radius 2 is 2.05 bits per heavy atom. The fourth-order valence-corrected chi connectivity index (χ4v) is 2.84. The molecule has 1 aromatic rings. The van der Waals surface area contributed by atoms with Crippen LogP contribution in [0.1, 0.15) is 57.0 Å². The number of ether oxygens (including phenoxy) is 1. The molecule has 0 aromatic heterocycles. The molecule has 0 N–H and O–H groups in total. The summed E-state index contributed by atoms with van der Waals surface area (Å²) in [6.07, 6.45) is 3.46. The summed E-state index contributed by atoms with van der Waals surface area (Å²) < 4.78 is 4.76. The van der Waals surface area contributed by atoms with Crippen molar-refractivity contribution in [1.82, 2.24) is 0 Å². The number of carbonyl (C=O) groups excluding carboxylic acids is 2. The summed E-state index contributed by atoms with van der Waals surface area (Å²) >= 11 is 3.22. The average molecular weight is 325 g/mol. The molecule has 0 aliphatic heterocycles. The Hall–Kier alpha value is -1.16. The first-order valence-electron chi connectivity index (χ1n) is 6.41. The zero-order valence-electron chi connectivity index (χ0n) is 11.2. The lowest BCUT2D eigenvalue weighted by Crippen LogP contribution is -2.18. The summed E-state index contributed by atoms with van der Waals surface area (Å²) in [5.41, 5.74) is 3.00. The summed E-state index contributed by atoms with van der Waals surface area (Å²) in [4.78, 5) is 23.9. The highest BCUT2D eigenvalue weighted by Gasteiger charge is 2.27. The molecule has 0 amide bonds. The van der Waals surface area contributed by atoms with E-state index in [0.29, 0.717) is 17.0 Å². The number of hydrogen-bond donors (Lipinski definition) is 0. The number of halogens is 1. The molecule has 1 aliphatic rings. The second-order valence-corrected chi connectivity index (χ2v) is 5.44. The molecule has 0 bridgehead atoms. The first kappa shape index (κ1) is 14.3. The molecule has 1 saturated carbocycles. The average Bonchev–Trinajstić information content (AvgIpc) is 2.35. The first-order valence-corrected chi connectivity index (χ1v) is 7.53. The smallest absolute Gasteiger partial charge is 0.338 e. The van der Waals surface area contributed by atoms with Crippen LogP contribution in [0.15, 0.2) is 12.1 Å². The van der Waals surface area contributed by atoms with Gasteiger partial charge >= 0.3 is 5.97 Å². The third-order valence-corrected chi connectivity index (χ3v) is 4.36. The molecule has 102 valence electrons. The molecule has 19 heavy (non-hydrogen) atoms. The summed E-state index contributed by atoms with van der Waals surface area (Å²) in [5.74, 6) is 0.106. The quantitative estimate of drug-likeness (QED) is 0.482. The van der Waals surface area contributed by atoms with Gasteiger partial charge in [0.1, 0.15) is 0 Å². The standard InChI is InChI=1S/C15H17BrO3/c1-9-11(15(18)19-2)6-7-12(10-4-3-5-10)14(9)13(17)8-16/h6-7,10H,3-5,8H2,1-2H3. The highest BCUT2D eigenvalue weighted by molar-refractivity contribution is 9.09. The van der Waals surface area contributed by atoms with Crippen molar-refractivity contribution in [1.29, 1.82) is 0 Å². The van der Waals surface area contributed by atoms with E-state index in [9.17, 15) is 9.59 Å². The Kier molecular flexibility index (Phi) is 4.40. The van der Waals surface area contributed by atoms with Crippen molar-refractivity contribution < 1.29 is 14.3 Å². The van der Waals surface area contributed by atoms with Crippen molar-refractivity contribution in [3.05, 3.63) is 34.4 Å². The monoisotopic (exact) mass is 324 g/mol. The first-order chi connectivity index (χ1) is 9.10. The van der Waals surface area contributed by atoms with Gasteiger partial charge in [-0.15, -0.1) is 0 Å². The minimum atomic E-state index is -0.388. The maximum Gasteiger partial charge on any atom is 0.338 e. The van der Waals surface area contributed by atoms with E-state index in [1.807, 2.05) is 13.0 Å². The van der Waals surface area contributed by atoms with Gasteiger partial charge in [0.2, 0.25) is 0 Å². The molecular weight excluding hydrogens is 308 g/mol. The molecule has 1 aromatic carbocycles. The Labute approximate surface area is 121 Å². The fourth-order valence-electron chi connectivity index (χ4n) is 2.56. The van der Waals surface area contributed by atoms with Crippen LogP contribution < -0.4 is 0 Å². The van der Waals surface area contributed by atoms with Gasteiger partial charge in [0, 0.05) is 5.56 Å². The normalized spacial score (nSPS) is 14.9. The number of carbonyl (C=O) groups is 2. The van der Waals surface area contributed by atoms with E-state index < -0.39 is 0 Å². The number of esters is 1. The second kappa shape index (κ2) is 5.87. The van der Waals surface area contributed by atoms with E-state index in [1.165, 1.54) is 13.5 Å². The highest BCUT2D eigenvalue weighted by atomic mass is 79.9. The van der Waals surface area contributed by atoms with Crippen molar-refractivity contribution in [3.63, 3.8) is 0 Å². The van der Waals surface area contributed by atoms with Gasteiger partial charge in [-0.1, -0.05) is 28.4 Å². The molecule has 2 rings (SSSR count). The summed E-state index contributed by atoms with van der Waals surface area (Å²) in [7, 11) is 1.35. The maximum absolute atomic E-state index is 12.2. The SMILES string of the molecule is COC(=O)c1ccc(C2CCC2)c(C(=O)CBr)c1C. The zero-order chi connectivity index (χ0) is 14.0. The number of methoxy groups -OCH3 is 1. The summed E-state index contributed by atoms with van der Waals surface area (Å²) in [5, 5.41) is 0.276. The van der Waals surface area contributed by atoms with Crippen molar-refractivity contribution in [2.75, 3.05) is 12.4 Å². The van der Waals surface area contributed by atoms with Gasteiger partial charge in [-0.25, -0.2) is 4.79 Å². The Balaban J connectivity index is 2.54. The molecule has 0 saturated heterocycles. The molecular formula is C15H17BrO3. The third-order valence-electron chi connectivity index (χ3n) is 3.85. The van der Waals surface area contributed by atoms with Gasteiger partial charge < -0.3 is 4.74 Å². The Morgan fingerprint density at radius 1 is 1.37 bits per heavy atom. The van der Waals surface area contributed by atoms with Crippen LogP contribution in [0.2, 0.25) is 0 Å². The fraction of sp³-hybridized carbons (Fsp3) is 0.467. The third kappa shape index (κ3) is 2.59. The van der Waals surface area contributed by atoms with Crippen LogP contribution in [0, 0.1) is 6.92 Å². The van der Waals surface area contributed by atoms with Gasteiger partial charge in [-0.3, -0.25) is 4.79 Å². The van der Waals surface area contributed by atoms with Crippen molar-refractivity contribution in [2.24, 2.45) is 0 Å². The number of Topliss-reactive ketones (excluding diaryl/α,β-unsaturated/α-hetero) is 1. The van der Waals surface area contributed by atoms with E-state index in [4.69, 9.17) is 4.74 Å². The zero-order valence-corrected chi connectivity index (χ0v) is 12.7. The molecule has 1 aliphatic carbocycles. The molecule has 0 heterocycles. The van der Waals surface area contributed by atoms with Crippen LogP contribution in [0.5, 0.6) is 0 Å². The molecule has 3 nitrogen and oxygen atoms in total. The summed E-state index contributed by atoms with van der Waals surface area (Å²) in [6.45, 7) is 1.82. The number of rotatable bonds is 4. The number of alkyl halides is 1. The summed E-state index contributed by atoms with van der Waals surface area (Å²) in [6, 6.07) is 3.69.